The second kappa shape index (κ2) is 11.2. The molecule has 6 rings (SSSR count). The van der Waals surface area contributed by atoms with Crippen LogP contribution in [-0.4, -0.2) is 33.4 Å². The van der Waals surface area contributed by atoms with E-state index in [1.165, 1.54) is 64.5 Å². The van der Waals surface area contributed by atoms with Crippen molar-refractivity contribution in [3.05, 3.63) is 81.9 Å². The molecule has 3 aliphatic rings. The number of esters is 1. The van der Waals surface area contributed by atoms with Crippen LogP contribution in [0.2, 0.25) is 0 Å². The minimum atomic E-state index is -0.109. The number of aryl methyl sites for hydroxylation is 3. The van der Waals surface area contributed by atoms with Crippen molar-refractivity contribution in [1.82, 2.24) is 0 Å². The summed E-state index contributed by atoms with van der Waals surface area (Å²) in [4.78, 5) is 11.9. The highest BCUT2D eigenvalue weighted by molar-refractivity contribution is 5.78. The lowest BCUT2D eigenvalue weighted by Gasteiger charge is -2.21. The van der Waals surface area contributed by atoms with Crippen molar-refractivity contribution in [1.29, 1.82) is 0 Å². The van der Waals surface area contributed by atoms with Crippen LogP contribution in [-0.2, 0) is 27.1 Å². The number of rotatable bonds is 11. The van der Waals surface area contributed by atoms with E-state index in [-0.39, 0.29) is 29.3 Å². The third-order valence-corrected chi connectivity index (χ3v) is 9.42. The van der Waals surface area contributed by atoms with Crippen LogP contribution in [0.3, 0.4) is 0 Å². The molecule has 2 saturated carbocycles. The quantitative estimate of drug-likeness (QED) is 0.228. The number of carbonyl (C=O) groups excluding carboxylic acids is 1. The first-order valence-electron chi connectivity index (χ1n) is 15.1. The third-order valence-electron chi connectivity index (χ3n) is 9.42. The molecule has 3 aliphatic carbocycles. The molecule has 0 aromatic heterocycles. The number of benzene rings is 3. The zero-order valence-electron chi connectivity index (χ0n) is 25.0. The Kier molecular flexibility index (Phi) is 7.58. The Hall–Kier alpha value is -3.31. The Labute approximate surface area is 244 Å². The van der Waals surface area contributed by atoms with Crippen LogP contribution in [0.1, 0.15) is 78.0 Å². The van der Waals surface area contributed by atoms with Crippen molar-refractivity contribution in [3.63, 3.8) is 0 Å². The van der Waals surface area contributed by atoms with E-state index in [1.54, 1.807) is 7.11 Å². The van der Waals surface area contributed by atoms with Crippen LogP contribution < -0.4 is 9.47 Å². The number of ether oxygens (including phenoxy) is 4. The molecule has 0 N–H and O–H groups in total. The smallest absolute Gasteiger partial charge is 0.309 e. The number of hydrogen-bond donors (Lipinski definition) is 0. The Bertz CT molecular complexity index is 1410. The highest BCUT2D eigenvalue weighted by Gasteiger charge is 2.45. The molecule has 0 heterocycles. The summed E-state index contributed by atoms with van der Waals surface area (Å²) in [6, 6.07) is 17.3. The molecule has 5 nitrogen and oxygen atoms in total. The standard InChI is InChI=1S/C36H42O5/c1-6-24-9-12-28(33-22(2)17-27(18-23(33)3)40-21-36(15-16-36)20-38-4)29-13-14-32(34(24)29)41-26-10-7-25(8-11-26)30-19-31(30)35(37)39-5/h7-12,17-18,30-32H,6,13-16,19-21H2,1-5H3. The van der Waals surface area contributed by atoms with Crippen molar-refractivity contribution < 1.29 is 23.7 Å². The fourth-order valence-corrected chi connectivity index (χ4v) is 6.88. The predicted octanol–water partition coefficient (Wildman–Crippen LogP) is 7.68. The van der Waals surface area contributed by atoms with Gasteiger partial charge in [0.15, 0.2) is 0 Å². The Morgan fingerprint density at radius 3 is 2.32 bits per heavy atom. The van der Waals surface area contributed by atoms with Crippen molar-refractivity contribution in [2.75, 3.05) is 27.4 Å². The molecule has 0 spiro atoms. The van der Waals surface area contributed by atoms with Gasteiger partial charge < -0.3 is 18.9 Å². The molecular weight excluding hydrogens is 512 g/mol. The lowest BCUT2D eigenvalue weighted by atomic mass is 9.88. The summed E-state index contributed by atoms with van der Waals surface area (Å²) >= 11 is 0. The van der Waals surface area contributed by atoms with Gasteiger partial charge in [0.1, 0.15) is 17.6 Å². The van der Waals surface area contributed by atoms with Gasteiger partial charge in [-0.05, 0) is 127 Å². The first kappa shape index (κ1) is 27.8. The van der Waals surface area contributed by atoms with Crippen molar-refractivity contribution in [3.8, 4) is 22.6 Å². The summed E-state index contributed by atoms with van der Waals surface area (Å²) in [5.74, 6) is 1.98. The van der Waals surface area contributed by atoms with E-state index in [2.05, 4.69) is 69.3 Å². The molecule has 0 aliphatic heterocycles. The van der Waals surface area contributed by atoms with Gasteiger partial charge in [-0.1, -0.05) is 31.2 Å². The molecule has 0 amide bonds. The summed E-state index contributed by atoms with van der Waals surface area (Å²) in [5.41, 5.74) is 10.6. The van der Waals surface area contributed by atoms with Gasteiger partial charge in [-0.3, -0.25) is 4.79 Å². The highest BCUT2D eigenvalue weighted by Crippen LogP contribution is 2.49. The monoisotopic (exact) mass is 554 g/mol. The minimum absolute atomic E-state index is 0.00273. The molecule has 3 aromatic carbocycles. The Morgan fingerprint density at radius 1 is 0.951 bits per heavy atom. The summed E-state index contributed by atoms with van der Waals surface area (Å²) in [7, 11) is 3.24. The molecule has 3 unspecified atom stereocenters. The molecule has 0 bridgehead atoms. The largest absolute Gasteiger partial charge is 0.493 e. The van der Waals surface area contributed by atoms with Gasteiger partial charge in [0.2, 0.25) is 0 Å². The zero-order chi connectivity index (χ0) is 28.7. The second-order valence-corrected chi connectivity index (χ2v) is 12.4. The van der Waals surface area contributed by atoms with E-state index in [1.807, 2.05) is 0 Å². The molecule has 3 aromatic rings. The molecule has 0 radical (unpaired) electrons. The third kappa shape index (κ3) is 5.49. The van der Waals surface area contributed by atoms with Crippen molar-refractivity contribution >= 4 is 5.97 Å². The topological polar surface area (TPSA) is 54.0 Å². The van der Waals surface area contributed by atoms with Crippen LogP contribution in [0.15, 0.2) is 48.5 Å². The van der Waals surface area contributed by atoms with E-state index >= 15 is 0 Å². The summed E-state index contributed by atoms with van der Waals surface area (Å²) in [5, 5.41) is 0. The summed E-state index contributed by atoms with van der Waals surface area (Å²) in [6.45, 7) is 8.11. The number of hydrogen-bond acceptors (Lipinski definition) is 5. The molecule has 41 heavy (non-hydrogen) atoms. The number of methoxy groups -OCH3 is 2. The van der Waals surface area contributed by atoms with E-state index in [0.717, 1.165) is 43.8 Å². The average Bonchev–Trinajstić information content (AvgIpc) is 3.89. The first-order valence-corrected chi connectivity index (χ1v) is 15.1. The van der Waals surface area contributed by atoms with Crippen LogP contribution in [0.5, 0.6) is 11.5 Å². The van der Waals surface area contributed by atoms with Crippen LogP contribution in [0.4, 0.5) is 0 Å². The van der Waals surface area contributed by atoms with Crippen LogP contribution in [0.25, 0.3) is 11.1 Å². The van der Waals surface area contributed by atoms with Gasteiger partial charge in [0.25, 0.3) is 0 Å². The van der Waals surface area contributed by atoms with E-state index in [0.29, 0.717) is 6.61 Å². The van der Waals surface area contributed by atoms with Gasteiger partial charge in [0.05, 0.1) is 26.2 Å². The fraction of sp³-hybridized carbons (Fsp3) is 0.472. The minimum Gasteiger partial charge on any atom is -0.493 e. The Balaban J connectivity index is 1.22. The van der Waals surface area contributed by atoms with Gasteiger partial charge in [-0.25, -0.2) is 0 Å². The lowest BCUT2D eigenvalue weighted by Crippen LogP contribution is -2.18. The maximum absolute atomic E-state index is 11.9. The molecule has 5 heteroatoms. The fourth-order valence-electron chi connectivity index (χ4n) is 6.88. The number of fused-ring (bicyclic) bond motifs is 1. The second-order valence-electron chi connectivity index (χ2n) is 12.4. The molecular formula is C36H42O5. The molecule has 3 atom stereocenters. The molecule has 2 fully saturated rings. The Morgan fingerprint density at radius 2 is 1.68 bits per heavy atom. The van der Waals surface area contributed by atoms with Crippen LogP contribution in [0, 0.1) is 25.2 Å². The van der Waals surface area contributed by atoms with Gasteiger partial charge in [-0.15, -0.1) is 0 Å². The summed E-state index contributed by atoms with van der Waals surface area (Å²) < 4.78 is 23.2. The predicted molar refractivity (Wildman–Crippen MR) is 161 cm³/mol. The van der Waals surface area contributed by atoms with Crippen molar-refractivity contribution in [2.45, 2.75) is 71.3 Å². The normalized spacial score (nSPS) is 21.7. The highest BCUT2D eigenvalue weighted by atomic mass is 16.5. The number of carbonyl (C=O) groups is 1. The molecule has 216 valence electrons. The van der Waals surface area contributed by atoms with Gasteiger partial charge >= 0.3 is 5.97 Å². The maximum Gasteiger partial charge on any atom is 0.309 e. The van der Waals surface area contributed by atoms with E-state index in [4.69, 9.17) is 18.9 Å². The zero-order valence-corrected chi connectivity index (χ0v) is 25.0. The van der Waals surface area contributed by atoms with Crippen molar-refractivity contribution in [2.24, 2.45) is 11.3 Å². The lowest BCUT2D eigenvalue weighted by molar-refractivity contribution is -0.142. The molecule has 0 saturated heterocycles. The van der Waals surface area contributed by atoms with Gasteiger partial charge in [-0.2, -0.15) is 0 Å². The average molecular weight is 555 g/mol. The SMILES string of the molecule is CCc1ccc(-c2c(C)cc(OCC3(COC)CC3)cc2C)c2c1C(Oc1ccc(C3CC3C(=O)OC)cc1)CC2. The maximum atomic E-state index is 11.9. The van der Waals surface area contributed by atoms with Crippen LogP contribution >= 0.6 is 0 Å². The summed E-state index contributed by atoms with van der Waals surface area (Å²) in [6.07, 6.45) is 6.20. The van der Waals surface area contributed by atoms with Gasteiger partial charge in [0, 0.05) is 12.5 Å². The van der Waals surface area contributed by atoms with E-state index in [9.17, 15) is 4.79 Å². The first-order chi connectivity index (χ1) is 19.9. The van der Waals surface area contributed by atoms with E-state index < -0.39 is 0 Å².